The van der Waals surface area contributed by atoms with Crippen molar-refractivity contribution in [1.29, 1.82) is 0 Å². The van der Waals surface area contributed by atoms with Gasteiger partial charge < -0.3 is 9.47 Å². The molecule has 0 fully saturated rings. The number of hydrogen-bond donors (Lipinski definition) is 0. The summed E-state index contributed by atoms with van der Waals surface area (Å²) < 4.78 is 10.5. The van der Waals surface area contributed by atoms with Gasteiger partial charge >= 0.3 is 5.97 Å². The maximum atomic E-state index is 12.0. The van der Waals surface area contributed by atoms with E-state index < -0.39 is 11.5 Å². The SMILES string of the molecule is COC(=O)C(C)(N=C=S)c1ccc(OCc2ccccc2)cc1. The summed E-state index contributed by atoms with van der Waals surface area (Å²) in [5.74, 6) is 0.212. The molecule has 0 heterocycles. The number of nitrogens with zero attached hydrogens (tertiary/aromatic N) is 1. The van der Waals surface area contributed by atoms with Gasteiger partial charge in [0.05, 0.1) is 12.3 Å². The zero-order valence-electron chi connectivity index (χ0n) is 13.0. The van der Waals surface area contributed by atoms with Crippen molar-refractivity contribution in [2.24, 2.45) is 4.99 Å². The molecule has 0 radical (unpaired) electrons. The average Bonchev–Trinajstić information content (AvgIpc) is 2.60. The fourth-order valence-corrected chi connectivity index (χ4v) is 2.32. The predicted octanol–water partition coefficient (Wildman–Crippen LogP) is 3.76. The van der Waals surface area contributed by atoms with Crippen LogP contribution in [0.15, 0.2) is 59.6 Å². The quantitative estimate of drug-likeness (QED) is 0.460. The minimum atomic E-state index is -1.20. The molecule has 2 aromatic rings. The molecule has 2 rings (SSSR count). The first-order valence-electron chi connectivity index (χ1n) is 7.05. The highest BCUT2D eigenvalue weighted by Gasteiger charge is 2.36. The maximum Gasteiger partial charge on any atom is 0.338 e. The van der Waals surface area contributed by atoms with Crippen LogP contribution in [0, 0.1) is 0 Å². The van der Waals surface area contributed by atoms with E-state index in [9.17, 15) is 4.79 Å². The highest BCUT2D eigenvalue weighted by atomic mass is 32.1. The van der Waals surface area contributed by atoms with Crippen molar-refractivity contribution in [2.45, 2.75) is 19.1 Å². The fourth-order valence-electron chi connectivity index (χ4n) is 2.13. The van der Waals surface area contributed by atoms with Crippen LogP contribution in [0.3, 0.4) is 0 Å². The molecule has 0 saturated carbocycles. The average molecular weight is 327 g/mol. The summed E-state index contributed by atoms with van der Waals surface area (Å²) in [4.78, 5) is 16.0. The van der Waals surface area contributed by atoms with E-state index in [0.717, 1.165) is 5.56 Å². The second kappa shape index (κ2) is 7.68. The molecule has 0 spiro atoms. The highest BCUT2D eigenvalue weighted by molar-refractivity contribution is 7.78. The van der Waals surface area contributed by atoms with Crippen molar-refractivity contribution in [1.82, 2.24) is 0 Å². The van der Waals surface area contributed by atoms with Gasteiger partial charge in [-0.1, -0.05) is 42.5 Å². The van der Waals surface area contributed by atoms with E-state index in [1.807, 2.05) is 30.3 Å². The molecule has 0 aromatic heterocycles. The third-order valence-corrected chi connectivity index (χ3v) is 3.61. The van der Waals surface area contributed by atoms with Gasteiger partial charge in [-0.25, -0.2) is 9.79 Å². The molecule has 5 heteroatoms. The van der Waals surface area contributed by atoms with Crippen LogP contribution >= 0.6 is 12.2 Å². The first-order valence-corrected chi connectivity index (χ1v) is 7.45. The van der Waals surface area contributed by atoms with E-state index in [1.165, 1.54) is 7.11 Å². The Morgan fingerprint density at radius 2 is 1.83 bits per heavy atom. The molecule has 23 heavy (non-hydrogen) atoms. The number of rotatable bonds is 6. The van der Waals surface area contributed by atoms with Crippen LogP contribution in [-0.2, 0) is 21.7 Å². The van der Waals surface area contributed by atoms with E-state index in [4.69, 9.17) is 9.47 Å². The zero-order valence-corrected chi connectivity index (χ0v) is 13.8. The largest absolute Gasteiger partial charge is 0.489 e. The zero-order chi connectivity index (χ0) is 16.7. The number of carbonyl (C=O) groups excluding carboxylic acids is 1. The normalized spacial score (nSPS) is 12.6. The molecule has 0 saturated heterocycles. The number of esters is 1. The molecule has 0 aliphatic heterocycles. The van der Waals surface area contributed by atoms with Gasteiger partial charge in [0.1, 0.15) is 12.4 Å². The van der Waals surface area contributed by atoms with Crippen molar-refractivity contribution >= 4 is 23.3 Å². The molecule has 4 nitrogen and oxygen atoms in total. The summed E-state index contributed by atoms with van der Waals surface area (Å²) in [7, 11) is 1.32. The maximum absolute atomic E-state index is 12.0. The summed E-state index contributed by atoms with van der Waals surface area (Å²) in [6, 6.07) is 17.0. The summed E-state index contributed by atoms with van der Waals surface area (Å²) >= 11 is 4.64. The third-order valence-electron chi connectivity index (χ3n) is 3.52. The minimum absolute atomic E-state index is 0.479. The molecule has 118 valence electrons. The first-order chi connectivity index (χ1) is 11.1. The van der Waals surface area contributed by atoms with Crippen LogP contribution < -0.4 is 4.74 Å². The van der Waals surface area contributed by atoms with Gasteiger partial charge in [-0.3, -0.25) is 0 Å². The fraction of sp³-hybridized carbons (Fsp3) is 0.222. The lowest BCUT2D eigenvalue weighted by molar-refractivity contribution is -0.146. The second-order valence-electron chi connectivity index (χ2n) is 5.07. The molecule has 1 unspecified atom stereocenters. The van der Waals surface area contributed by atoms with Crippen LogP contribution in [0.1, 0.15) is 18.1 Å². The van der Waals surface area contributed by atoms with E-state index >= 15 is 0 Å². The van der Waals surface area contributed by atoms with Crippen LogP contribution in [0.4, 0.5) is 0 Å². The lowest BCUT2D eigenvalue weighted by atomic mass is 9.93. The standard InChI is InChI=1S/C18H17NO3S/c1-18(19-13-23,17(20)21-2)15-8-10-16(11-9-15)22-12-14-6-4-3-5-7-14/h3-11H,12H2,1-2H3. The Morgan fingerprint density at radius 3 is 2.39 bits per heavy atom. The van der Waals surface area contributed by atoms with Crippen molar-refractivity contribution in [3.8, 4) is 5.75 Å². The van der Waals surface area contributed by atoms with Gasteiger partial charge in [-0.2, -0.15) is 0 Å². The highest BCUT2D eigenvalue weighted by Crippen LogP contribution is 2.28. The first kappa shape index (κ1) is 16.9. The van der Waals surface area contributed by atoms with Crippen LogP contribution in [-0.4, -0.2) is 18.2 Å². The minimum Gasteiger partial charge on any atom is -0.489 e. The summed E-state index contributed by atoms with van der Waals surface area (Å²) in [5.41, 5.74) is 0.545. The Hall–Kier alpha value is -2.49. The van der Waals surface area contributed by atoms with Crippen molar-refractivity contribution < 1.29 is 14.3 Å². The molecule has 1 atom stereocenters. The van der Waals surface area contributed by atoms with E-state index in [2.05, 4.69) is 22.4 Å². The van der Waals surface area contributed by atoms with Crippen LogP contribution in [0.25, 0.3) is 0 Å². The molecular formula is C18H17NO3S. The van der Waals surface area contributed by atoms with Crippen LogP contribution in [0.2, 0.25) is 0 Å². The monoisotopic (exact) mass is 327 g/mol. The van der Waals surface area contributed by atoms with Gasteiger partial charge in [-0.05, 0) is 42.4 Å². The molecule has 0 bridgehead atoms. The van der Waals surface area contributed by atoms with Crippen molar-refractivity contribution in [3.63, 3.8) is 0 Å². The van der Waals surface area contributed by atoms with Crippen LogP contribution in [0.5, 0.6) is 5.75 Å². The van der Waals surface area contributed by atoms with Gasteiger partial charge in [0, 0.05) is 0 Å². The number of benzene rings is 2. The van der Waals surface area contributed by atoms with Gasteiger partial charge in [0.25, 0.3) is 0 Å². The van der Waals surface area contributed by atoms with Gasteiger partial charge in [-0.15, -0.1) is 0 Å². The number of carbonyl (C=O) groups is 1. The van der Waals surface area contributed by atoms with E-state index in [1.54, 1.807) is 31.2 Å². The number of isothiocyanates is 1. The molecule has 0 aliphatic carbocycles. The Balaban J connectivity index is 2.14. The molecule has 0 N–H and O–H groups in total. The lowest BCUT2D eigenvalue weighted by Crippen LogP contribution is -2.31. The Morgan fingerprint density at radius 1 is 1.17 bits per heavy atom. The molecule has 2 aromatic carbocycles. The number of aliphatic imine (C=N–C) groups is 1. The molecule has 0 aliphatic rings. The summed E-state index contributed by atoms with van der Waals surface area (Å²) in [6.45, 7) is 2.12. The third kappa shape index (κ3) is 4.03. The Labute approximate surface area is 140 Å². The van der Waals surface area contributed by atoms with Gasteiger partial charge in [0.15, 0.2) is 5.54 Å². The summed E-state index contributed by atoms with van der Waals surface area (Å²) in [5, 5.41) is 2.26. The smallest absolute Gasteiger partial charge is 0.338 e. The van der Waals surface area contributed by atoms with E-state index in [0.29, 0.717) is 17.9 Å². The van der Waals surface area contributed by atoms with E-state index in [-0.39, 0.29) is 0 Å². The van der Waals surface area contributed by atoms with Gasteiger partial charge in [0.2, 0.25) is 0 Å². The lowest BCUT2D eigenvalue weighted by Gasteiger charge is -2.21. The number of methoxy groups -OCH3 is 1. The summed E-state index contributed by atoms with van der Waals surface area (Å²) in [6.07, 6.45) is 0. The topological polar surface area (TPSA) is 47.9 Å². The Kier molecular flexibility index (Phi) is 5.63. The van der Waals surface area contributed by atoms with Crippen molar-refractivity contribution in [2.75, 3.05) is 7.11 Å². The second-order valence-corrected chi connectivity index (χ2v) is 5.25. The Bertz CT molecular complexity index is 709. The predicted molar refractivity (Wildman–Crippen MR) is 91.6 cm³/mol. The number of ether oxygens (including phenoxy) is 2. The molecule has 0 amide bonds. The molecular weight excluding hydrogens is 310 g/mol. The number of hydrogen-bond acceptors (Lipinski definition) is 5. The number of thiocarbonyl (C=S) groups is 1. The van der Waals surface area contributed by atoms with Crippen molar-refractivity contribution in [3.05, 3.63) is 65.7 Å².